The van der Waals surface area contributed by atoms with Gasteiger partial charge in [-0.25, -0.2) is 0 Å². The topological polar surface area (TPSA) is 112 Å². The van der Waals surface area contributed by atoms with E-state index in [1.165, 1.54) is 54.6 Å². The number of carbonyl (C=O) groups is 3. The van der Waals surface area contributed by atoms with E-state index in [4.69, 9.17) is 9.47 Å². The Kier molecular flexibility index (Phi) is 8.80. The summed E-state index contributed by atoms with van der Waals surface area (Å²) in [5.74, 6) is 2.16. The molecule has 1 aliphatic carbocycles. The molecular formula is C49H52N4O6. The van der Waals surface area contributed by atoms with Crippen LogP contribution in [-0.4, -0.2) is 84.6 Å². The van der Waals surface area contributed by atoms with Crippen LogP contribution >= 0.6 is 0 Å². The van der Waals surface area contributed by atoms with Crippen LogP contribution in [0.4, 0.5) is 5.69 Å². The zero-order valence-electron chi connectivity index (χ0n) is 33.5. The van der Waals surface area contributed by atoms with Gasteiger partial charge in [-0.1, -0.05) is 54.6 Å². The Hall–Kier alpha value is -5.35. The molecule has 7 aliphatic rings. The van der Waals surface area contributed by atoms with Crippen molar-refractivity contribution in [2.24, 2.45) is 11.3 Å². The molecule has 1 saturated carbocycles. The van der Waals surface area contributed by atoms with Gasteiger partial charge in [-0.3, -0.25) is 19.7 Å². The Labute approximate surface area is 345 Å². The first-order chi connectivity index (χ1) is 28.7. The third kappa shape index (κ3) is 6.28. The van der Waals surface area contributed by atoms with E-state index in [0.29, 0.717) is 37.2 Å². The van der Waals surface area contributed by atoms with Crippen LogP contribution in [0.15, 0.2) is 84.9 Å². The largest absolute Gasteiger partial charge is 0.508 e. The zero-order chi connectivity index (χ0) is 39.9. The molecule has 10 nitrogen and oxygen atoms in total. The highest BCUT2D eigenvalue weighted by atomic mass is 16.5. The molecule has 0 bridgehead atoms. The molecule has 3 atom stereocenters. The van der Waals surface area contributed by atoms with Gasteiger partial charge in [0.05, 0.1) is 19.8 Å². The number of fused-ring (bicyclic) bond motifs is 5. The van der Waals surface area contributed by atoms with Gasteiger partial charge in [0, 0.05) is 77.3 Å². The number of imide groups is 1. The van der Waals surface area contributed by atoms with Crippen molar-refractivity contribution in [2.45, 2.75) is 81.2 Å². The molecule has 304 valence electrons. The average molecular weight is 793 g/mol. The molecular weight excluding hydrogens is 741 g/mol. The maximum atomic E-state index is 13.4. The molecule has 10 heteroatoms. The number of amides is 3. The van der Waals surface area contributed by atoms with E-state index >= 15 is 0 Å². The fourth-order valence-electron chi connectivity index (χ4n) is 12.1. The summed E-state index contributed by atoms with van der Waals surface area (Å²) in [5, 5.41) is 12.6. The minimum Gasteiger partial charge on any atom is -0.508 e. The number of ether oxygens (including phenoxy) is 2. The molecule has 11 rings (SSSR count). The van der Waals surface area contributed by atoms with Crippen molar-refractivity contribution in [1.82, 2.24) is 15.1 Å². The Morgan fingerprint density at radius 2 is 1.59 bits per heavy atom. The monoisotopic (exact) mass is 792 g/mol. The Morgan fingerprint density at radius 1 is 0.814 bits per heavy atom. The third-order valence-electron chi connectivity index (χ3n) is 15.3. The number of nitrogens with one attached hydrogen (secondary N) is 1. The van der Waals surface area contributed by atoms with Gasteiger partial charge in [-0.2, -0.15) is 0 Å². The highest BCUT2D eigenvalue weighted by Crippen LogP contribution is 2.55. The number of rotatable bonds is 6. The smallest absolute Gasteiger partial charge is 0.255 e. The summed E-state index contributed by atoms with van der Waals surface area (Å²) in [6.07, 6.45) is 7.88. The van der Waals surface area contributed by atoms with Crippen molar-refractivity contribution in [3.05, 3.63) is 118 Å². The van der Waals surface area contributed by atoms with Gasteiger partial charge in [0.15, 0.2) is 0 Å². The number of piperidine rings is 3. The second-order valence-electron chi connectivity index (χ2n) is 18.6. The summed E-state index contributed by atoms with van der Waals surface area (Å²) in [5.41, 5.74) is 8.18. The lowest BCUT2D eigenvalue weighted by Gasteiger charge is -2.54. The Bertz CT molecular complexity index is 2300. The van der Waals surface area contributed by atoms with Crippen LogP contribution in [0.2, 0.25) is 0 Å². The highest BCUT2D eigenvalue weighted by Gasteiger charge is 2.50. The summed E-state index contributed by atoms with van der Waals surface area (Å²) in [6.45, 7) is 7.07. The maximum absolute atomic E-state index is 13.4. The van der Waals surface area contributed by atoms with E-state index in [0.717, 1.165) is 67.6 Å². The number of hydrogen-bond acceptors (Lipinski definition) is 8. The second-order valence-corrected chi connectivity index (χ2v) is 18.6. The lowest BCUT2D eigenvalue weighted by atomic mass is 9.57. The maximum Gasteiger partial charge on any atom is 0.255 e. The number of anilines is 1. The van der Waals surface area contributed by atoms with Gasteiger partial charge < -0.3 is 29.3 Å². The van der Waals surface area contributed by atoms with Crippen molar-refractivity contribution in [1.29, 1.82) is 0 Å². The fraction of sp³-hybridized carbons (Fsp3) is 0.449. The number of carbonyl (C=O) groups excluding carboxylic acids is 3. The van der Waals surface area contributed by atoms with Crippen LogP contribution in [0, 0.1) is 11.3 Å². The molecule has 4 aromatic carbocycles. The van der Waals surface area contributed by atoms with E-state index in [9.17, 15) is 19.5 Å². The summed E-state index contributed by atoms with van der Waals surface area (Å²) >= 11 is 0. The number of phenolic OH excluding ortho intramolecular Hbond substituents is 1. The quantitative estimate of drug-likeness (QED) is 0.204. The van der Waals surface area contributed by atoms with E-state index in [2.05, 4.69) is 75.8 Å². The van der Waals surface area contributed by atoms with Crippen LogP contribution in [0.1, 0.15) is 101 Å². The van der Waals surface area contributed by atoms with E-state index in [1.54, 1.807) is 17.0 Å². The minimum atomic E-state index is -0.618. The molecule has 4 aromatic rings. The molecule has 6 heterocycles. The van der Waals surface area contributed by atoms with Crippen LogP contribution in [0.25, 0.3) is 0 Å². The molecule has 3 amide bonds. The standard InChI is InChI=1S/C49H52N4O6/c54-35-10-11-37-42(24-35)58-29-39(32-4-2-1-3-5-32)44(37)33-6-8-34(9-7-33)52-22-16-48(17-23-52)25-31(26-48)27-51-20-18-49(19-21-51)30-59-45-38-28-53(41-14-15-43(55)50-46(41)56)47(57)36(38)12-13-40(45)49/h1-13,24,31,39,41,44,54H,14-23,25-30H2,(H,50,55,56). The van der Waals surface area contributed by atoms with Crippen molar-refractivity contribution in [2.75, 3.05) is 50.8 Å². The number of aromatic hydroxyl groups is 1. The number of nitrogens with zero attached hydrogens (tertiary/aromatic N) is 3. The van der Waals surface area contributed by atoms with Crippen LogP contribution < -0.4 is 19.7 Å². The third-order valence-corrected chi connectivity index (χ3v) is 15.3. The number of phenols is 1. The lowest BCUT2D eigenvalue weighted by molar-refractivity contribution is -0.136. The van der Waals surface area contributed by atoms with Crippen LogP contribution in [0.3, 0.4) is 0 Å². The molecule has 2 N–H and O–H groups in total. The molecule has 3 unspecified atom stereocenters. The second kappa shape index (κ2) is 14.1. The van der Waals surface area contributed by atoms with Crippen LogP contribution in [-0.2, 0) is 21.5 Å². The van der Waals surface area contributed by atoms with Gasteiger partial charge in [-0.05, 0) is 105 Å². The van der Waals surface area contributed by atoms with Crippen LogP contribution in [0.5, 0.6) is 17.2 Å². The summed E-state index contributed by atoms with van der Waals surface area (Å²) in [7, 11) is 0. The normalized spacial score (nSPS) is 25.8. The Morgan fingerprint density at radius 3 is 2.36 bits per heavy atom. The zero-order valence-corrected chi connectivity index (χ0v) is 33.5. The molecule has 2 spiro atoms. The predicted octanol–water partition coefficient (Wildman–Crippen LogP) is 6.88. The fourth-order valence-corrected chi connectivity index (χ4v) is 12.1. The van der Waals surface area contributed by atoms with Crippen molar-refractivity contribution < 1.29 is 29.0 Å². The van der Waals surface area contributed by atoms with E-state index in [1.807, 2.05) is 12.1 Å². The van der Waals surface area contributed by atoms with Gasteiger partial charge in [0.2, 0.25) is 11.8 Å². The molecule has 4 fully saturated rings. The van der Waals surface area contributed by atoms with Gasteiger partial charge in [-0.15, -0.1) is 0 Å². The first-order valence-corrected chi connectivity index (χ1v) is 21.8. The number of likely N-dealkylation sites (tertiary alicyclic amines) is 1. The first kappa shape index (κ1) is 36.7. The molecule has 6 aliphatic heterocycles. The molecule has 0 aromatic heterocycles. The van der Waals surface area contributed by atoms with E-state index in [-0.39, 0.29) is 47.1 Å². The highest BCUT2D eigenvalue weighted by molar-refractivity contribution is 6.05. The summed E-state index contributed by atoms with van der Waals surface area (Å²) in [4.78, 5) is 44.6. The molecule has 0 radical (unpaired) electrons. The summed E-state index contributed by atoms with van der Waals surface area (Å²) in [6, 6.07) is 28.9. The minimum absolute atomic E-state index is 0.0271. The predicted molar refractivity (Wildman–Crippen MR) is 223 cm³/mol. The van der Waals surface area contributed by atoms with Crippen molar-refractivity contribution >= 4 is 23.4 Å². The lowest BCUT2D eigenvalue weighted by Crippen LogP contribution is -2.52. The van der Waals surface area contributed by atoms with Gasteiger partial charge in [0.25, 0.3) is 5.91 Å². The molecule has 59 heavy (non-hydrogen) atoms. The van der Waals surface area contributed by atoms with Gasteiger partial charge >= 0.3 is 0 Å². The number of hydrogen-bond donors (Lipinski definition) is 2. The SMILES string of the molecule is O=C1CCC(N2Cc3c(ccc4c3OCC43CCN(CC4CC5(CCN(c6ccc(C7c8ccc(O)cc8OCC7c7ccccc7)cc6)CC5)C4)CC3)C2=O)C(=O)N1. The van der Waals surface area contributed by atoms with Crippen molar-refractivity contribution in [3.8, 4) is 17.2 Å². The average Bonchev–Trinajstić information content (AvgIpc) is 3.78. The van der Waals surface area contributed by atoms with E-state index < -0.39 is 6.04 Å². The molecule has 3 saturated heterocycles. The van der Waals surface area contributed by atoms with Crippen molar-refractivity contribution in [3.63, 3.8) is 0 Å². The van der Waals surface area contributed by atoms with Gasteiger partial charge in [0.1, 0.15) is 23.3 Å². The first-order valence-electron chi connectivity index (χ1n) is 21.8. The Balaban J connectivity index is 0.685. The summed E-state index contributed by atoms with van der Waals surface area (Å²) < 4.78 is 12.6. The number of benzene rings is 4.